The number of halogens is 1. The van der Waals surface area contributed by atoms with Crippen LogP contribution in [-0.2, 0) is 14.8 Å². The molecule has 3 rings (SSSR count). The molecule has 10 heteroatoms. The Morgan fingerprint density at radius 1 is 1.43 bits per heavy atom. The molecule has 0 bridgehead atoms. The number of amides is 1. The van der Waals surface area contributed by atoms with Gasteiger partial charge in [0.15, 0.2) is 5.17 Å². The van der Waals surface area contributed by atoms with Crippen LogP contribution in [0.3, 0.4) is 0 Å². The number of amidine groups is 1. The number of sulfonamides is 1. The molecular formula is C13H16BrN3O3S3. The number of nitrogens with one attached hydrogen (secondary N) is 1. The number of hydrogen-bond acceptors (Lipinski definition) is 6. The van der Waals surface area contributed by atoms with E-state index in [1.165, 1.54) is 27.4 Å². The minimum atomic E-state index is -3.53. The van der Waals surface area contributed by atoms with Gasteiger partial charge in [0.25, 0.3) is 10.0 Å². The third-order valence-corrected chi connectivity index (χ3v) is 8.56. The maximum Gasteiger partial charge on any atom is 0.252 e. The summed E-state index contributed by atoms with van der Waals surface area (Å²) in [5.41, 5.74) is 0. The van der Waals surface area contributed by atoms with E-state index in [2.05, 4.69) is 26.2 Å². The third kappa shape index (κ3) is 3.98. The second-order valence-electron chi connectivity index (χ2n) is 5.29. The first-order chi connectivity index (χ1) is 11.0. The van der Waals surface area contributed by atoms with Crippen molar-refractivity contribution in [1.29, 1.82) is 0 Å². The maximum absolute atomic E-state index is 12.7. The molecule has 0 aliphatic carbocycles. The zero-order valence-electron chi connectivity index (χ0n) is 12.2. The highest BCUT2D eigenvalue weighted by atomic mass is 79.9. The van der Waals surface area contributed by atoms with Gasteiger partial charge in [0.1, 0.15) is 4.21 Å². The molecule has 2 aliphatic rings. The van der Waals surface area contributed by atoms with Gasteiger partial charge in [-0.3, -0.25) is 9.79 Å². The molecule has 3 heterocycles. The molecule has 0 unspecified atom stereocenters. The lowest BCUT2D eigenvalue weighted by Gasteiger charge is -2.30. The molecule has 1 saturated heterocycles. The van der Waals surface area contributed by atoms with Crippen LogP contribution in [0.1, 0.15) is 12.8 Å². The Kier molecular flexibility index (Phi) is 5.46. The van der Waals surface area contributed by atoms with Crippen LogP contribution in [0, 0.1) is 5.92 Å². The zero-order chi connectivity index (χ0) is 16.4. The van der Waals surface area contributed by atoms with Gasteiger partial charge in [0, 0.05) is 18.8 Å². The first-order valence-electron chi connectivity index (χ1n) is 7.20. The van der Waals surface area contributed by atoms with Gasteiger partial charge in [-0.2, -0.15) is 4.31 Å². The second-order valence-corrected chi connectivity index (χ2v) is 11.0. The molecule has 0 aromatic carbocycles. The molecular weight excluding hydrogens is 422 g/mol. The number of carbonyl (C=O) groups excluding carboxylic acids is 1. The average molecular weight is 438 g/mol. The predicted molar refractivity (Wildman–Crippen MR) is 96.4 cm³/mol. The van der Waals surface area contributed by atoms with Crippen LogP contribution in [0.15, 0.2) is 25.1 Å². The smallest absolute Gasteiger partial charge is 0.252 e. The van der Waals surface area contributed by atoms with E-state index >= 15 is 0 Å². The zero-order valence-corrected chi connectivity index (χ0v) is 16.2. The fourth-order valence-corrected chi connectivity index (χ4v) is 6.98. The Hall–Kier alpha value is -0.420. The molecule has 1 N–H and O–H groups in total. The first kappa shape index (κ1) is 17.4. The Bertz CT molecular complexity index is 732. The molecule has 1 aromatic heterocycles. The maximum atomic E-state index is 12.7. The molecule has 23 heavy (non-hydrogen) atoms. The number of aliphatic imine (C=N–C) groups is 1. The highest BCUT2D eigenvalue weighted by Gasteiger charge is 2.34. The van der Waals surface area contributed by atoms with Crippen LogP contribution < -0.4 is 5.32 Å². The SMILES string of the molecule is O=C(NC1=NCCS1)[C@@H]1CCCN(S(=O)(=O)c2ccc(Br)s2)C1. The number of carbonyl (C=O) groups is 1. The van der Waals surface area contributed by atoms with Gasteiger partial charge < -0.3 is 5.32 Å². The largest absolute Gasteiger partial charge is 0.305 e. The lowest BCUT2D eigenvalue weighted by atomic mass is 9.99. The fourth-order valence-electron chi connectivity index (χ4n) is 2.56. The third-order valence-electron chi connectivity index (χ3n) is 3.71. The lowest BCUT2D eigenvalue weighted by Crippen LogP contribution is -2.45. The van der Waals surface area contributed by atoms with E-state index in [0.717, 1.165) is 16.1 Å². The summed E-state index contributed by atoms with van der Waals surface area (Å²) in [4.78, 5) is 16.5. The van der Waals surface area contributed by atoms with Crippen molar-refractivity contribution in [3.63, 3.8) is 0 Å². The Balaban J connectivity index is 1.69. The molecule has 6 nitrogen and oxygen atoms in total. The van der Waals surface area contributed by atoms with Crippen molar-refractivity contribution in [3.8, 4) is 0 Å². The fraction of sp³-hybridized carbons (Fsp3) is 0.538. The van der Waals surface area contributed by atoms with Crippen molar-refractivity contribution < 1.29 is 13.2 Å². The predicted octanol–water partition coefficient (Wildman–Crippen LogP) is 2.13. The van der Waals surface area contributed by atoms with Crippen molar-refractivity contribution in [1.82, 2.24) is 9.62 Å². The van der Waals surface area contributed by atoms with Gasteiger partial charge in [0.2, 0.25) is 5.91 Å². The van der Waals surface area contributed by atoms with E-state index in [1.807, 2.05) is 0 Å². The standard InChI is InChI=1S/C13H16BrN3O3S3/c14-10-3-4-11(22-10)23(19,20)17-6-1-2-9(8-17)12(18)16-13-15-5-7-21-13/h3-4,9H,1-2,5-8H2,(H,15,16,18)/t9-/m1/s1. The minimum absolute atomic E-state index is 0.134. The number of thioether (sulfide) groups is 1. The minimum Gasteiger partial charge on any atom is -0.305 e. The molecule has 2 aliphatic heterocycles. The summed E-state index contributed by atoms with van der Waals surface area (Å²) < 4.78 is 27.8. The van der Waals surface area contributed by atoms with Crippen LogP contribution in [0.25, 0.3) is 0 Å². The van der Waals surface area contributed by atoms with Gasteiger partial charge in [-0.25, -0.2) is 8.42 Å². The average Bonchev–Trinajstić information content (AvgIpc) is 3.19. The van der Waals surface area contributed by atoms with Gasteiger partial charge >= 0.3 is 0 Å². The summed E-state index contributed by atoms with van der Waals surface area (Å²) in [7, 11) is -3.53. The summed E-state index contributed by atoms with van der Waals surface area (Å²) in [5.74, 6) is 0.421. The van der Waals surface area contributed by atoms with Gasteiger partial charge in [0.05, 0.1) is 16.2 Å². The van der Waals surface area contributed by atoms with Crippen molar-refractivity contribution in [3.05, 3.63) is 15.9 Å². The quantitative estimate of drug-likeness (QED) is 0.785. The molecule has 1 amide bonds. The van der Waals surface area contributed by atoms with E-state index in [4.69, 9.17) is 0 Å². The Morgan fingerprint density at radius 2 is 2.26 bits per heavy atom. The Labute approximate surface area is 151 Å². The van der Waals surface area contributed by atoms with Gasteiger partial charge in [-0.05, 0) is 40.9 Å². The Morgan fingerprint density at radius 3 is 2.91 bits per heavy atom. The van der Waals surface area contributed by atoms with Crippen molar-refractivity contribution in [2.75, 3.05) is 25.4 Å². The highest BCUT2D eigenvalue weighted by molar-refractivity contribution is 9.11. The lowest BCUT2D eigenvalue weighted by molar-refractivity contribution is -0.124. The first-order valence-corrected chi connectivity index (χ1v) is 11.2. The van der Waals surface area contributed by atoms with Crippen molar-refractivity contribution in [2.45, 2.75) is 17.1 Å². The number of hydrogen-bond donors (Lipinski definition) is 1. The normalized spacial score (nSPS) is 22.8. The molecule has 1 fully saturated rings. The molecule has 0 saturated carbocycles. The van der Waals surface area contributed by atoms with Crippen LogP contribution in [-0.4, -0.2) is 49.2 Å². The summed E-state index contributed by atoms with van der Waals surface area (Å²) in [6.07, 6.45) is 1.38. The number of rotatable bonds is 3. The van der Waals surface area contributed by atoms with Crippen LogP contribution in [0.2, 0.25) is 0 Å². The number of thiophene rings is 1. The number of piperidine rings is 1. The molecule has 0 radical (unpaired) electrons. The van der Waals surface area contributed by atoms with E-state index in [-0.39, 0.29) is 18.4 Å². The monoisotopic (exact) mass is 437 g/mol. The van der Waals surface area contributed by atoms with Gasteiger partial charge in [-0.1, -0.05) is 11.8 Å². The van der Waals surface area contributed by atoms with E-state index in [0.29, 0.717) is 28.8 Å². The summed E-state index contributed by atoms with van der Waals surface area (Å²) >= 11 is 6.00. The van der Waals surface area contributed by atoms with E-state index in [9.17, 15) is 13.2 Å². The highest BCUT2D eigenvalue weighted by Crippen LogP contribution is 2.31. The topological polar surface area (TPSA) is 78.8 Å². The van der Waals surface area contributed by atoms with Crippen molar-refractivity contribution >= 4 is 60.1 Å². The summed E-state index contributed by atoms with van der Waals surface area (Å²) in [6.45, 7) is 1.40. The second kappa shape index (κ2) is 7.22. The van der Waals surface area contributed by atoms with Crippen LogP contribution in [0.4, 0.5) is 0 Å². The molecule has 1 atom stereocenters. The summed E-state index contributed by atoms with van der Waals surface area (Å²) in [5, 5.41) is 3.46. The summed E-state index contributed by atoms with van der Waals surface area (Å²) in [6, 6.07) is 3.32. The van der Waals surface area contributed by atoms with Gasteiger partial charge in [-0.15, -0.1) is 11.3 Å². The molecule has 1 aromatic rings. The van der Waals surface area contributed by atoms with Crippen LogP contribution in [0.5, 0.6) is 0 Å². The molecule has 0 spiro atoms. The van der Waals surface area contributed by atoms with E-state index in [1.54, 1.807) is 12.1 Å². The number of nitrogens with zero attached hydrogens (tertiary/aromatic N) is 2. The molecule has 126 valence electrons. The van der Waals surface area contributed by atoms with Crippen molar-refractivity contribution in [2.24, 2.45) is 10.9 Å². The van der Waals surface area contributed by atoms with E-state index < -0.39 is 10.0 Å². The van der Waals surface area contributed by atoms with Crippen LogP contribution >= 0.6 is 39.0 Å².